The van der Waals surface area contributed by atoms with Gasteiger partial charge in [-0.25, -0.2) is 4.39 Å². The number of pyridine rings is 2. The number of benzene rings is 1. The molecule has 2 aliphatic rings. The highest BCUT2D eigenvalue weighted by atomic mass is 19.4. The Labute approximate surface area is 184 Å². The highest BCUT2D eigenvalue weighted by Gasteiger charge is 2.33. The summed E-state index contributed by atoms with van der Waals surface area (Å²) < 4.78 is 66.9. The smallest absolute Gasteiger partial charge is 0.433 e. The summed E-state index contributed by atoms with van der Waals surface area (Å²) in [5, 5.41) is 11.3. The molecule has 7 nitrogen and oxygen atoms in total. The third-order valence-electron chi connectivity index (χ3n) is 5.88. The lowest BCUT2D eigenvalue weighted by atomic mass is 9.96. The predicted octanol–water partition coefficient (Wildman–Crippen LogP) is 4.43. The molecule has 0 fully saturated rings. The molecule has 0 amide bonds. The zero-order valence-electron chi connectivity index (χ0n) is 16.9. The number of hydrogen-bond donors (Lipinski definition) is 1. The second-order valence-electron chi connectivity index (χ2n) is 7.84. The van der Waals surface area contributed by atoms with Gasteiger partial charge in [0.1, 0.15) is 23.6 Å². The molecule has 0 radical (unpaired) electrons. The van der Waals surface area contributed by atoms with Crippen LogP contribution in [0.5, 0.6) is 11.5 Å². The van der Waals surface area contributed by atoms with Crippen molar-refractivity contribution in [1.29, 1.82) is 0 Å². The van der Waals surface area contributed by atoms with Crippen molar-refractivity contribution in [3.63, 3.8) is 0 Å². The normalized spacial score (nSPS) is 17.2. The maximum atomic E-state index is 14.7. The lowest BCUT2D eigenvalue weighted by molar-refractivity contribution is -0.141. The number of aromatic nitrogens is 4. The molecule has 0 spiro atoms. The van der Waals surface area contributed by atoms with E-state index in [4.69, 9.17) is 9.47 Å². The van der Waals surface area contributed by atoms with Crippen molar-refractivity contribution in [1.82, 2.24) is 19.6 Å². The SMILES string of the molecule is Fc1ccc2c3c1CNc1c(cc(-c4ccc(C(F)(F)F)nc4)c4nncn14)OC[C@H]3CO2. The van der Waals surface area contributed by atoms with Gasteiger partial charge in [0.2, 0.25) is 0 Å². The fraction of sp³-hybridized carbons (Fsp3) is 0.227. The van der Waals surface area contributed by atoms with Crippen molar-refractivity contribution >= 4 is 11.5 Å². The van der Waals surface area contributed by atoms with Gasteiger partial charge in [-0.1, -0.05) is 6.07 Å². The molecule has 3 aromatic heterocycles. The van der Waals surface area contributed by atoms with Crippen molar-refractivity contribution in [2.45, 2.75) is 18.6 Å². The zero-order valence-corrected chi connectivity index (χ0v) is 16.9. The fourth-order valence-electron chi connectivity index (χ4n) is 4.32. The monoisotopic (exact) mass is 457 g/mol. The van der Waals surface area contributed by atoms with E-state index in [1.807, 2.05) is 0 Å². The van der Waals surface area contributed by atoms with E-state index < -0.39 is 11.9 Å². The number of fused-ring (bicyclic) bond motifs is 3. The maximum absolute atomic E-state index is 14.7. The van der Waals surface area contributed by atoms with Gasteiger partial charge in [0.25, 0.3) is 0 Å². The topological polar surface area (TPSA) is 73.6 Å². The van der Waals surface area contributed by atoms with Crippen molar-refractivity contribution in [2.24, 2.45) is 0 Å². The number of hydrogen-bond acceptors (Lipinski definition) is 6. The van der Waals surface area contributed by atoms with E-state index in [0.717, 1.165) is 17.8 Å². The van der Waals surface area contributed by atoms with Crippen LogP contribution in [0.3, 0.4) is 0 Å². The third-order valence-corrected chi connectivity index (χ3v) is 5.88. The second kappa shape index (κ2) is 7.06. The molecule has 0 saturated heterocycles. The molecule has 1 atom stereocenters. The molecule has 1 N–H and O–H groups in total. The quantitative estimate of drug-likeness (QED) is 0.427. The average molecular weight is 457 g/mol. The van der Waals surface area contributed by atoms with Crippen LogP contribution in [0.15, 0.2) is 42.9 Å². The number of anilines is 1. The van der Waals surface area contributed by atoms with Crippen molar-refractivity contribution in [2.75, 3.05) is 18.5 Å². The number of nitrogens with zero attached hydrogens (tertiary/aromatic N) is 4. The van der Waals surface area contributed by atoms with Gasteiger partial charge in [0.05, 0.1) is 19.1 Å². The molecule has 6 rings (SSSR count). The van der Waals surface area contributed by atoms with Crippen LogP contribution in [-0.2, 0) is 12.7 Å². The predicted molar refractivity (Wildman–Crippen MR) is 109 cm³/mol. The fourth-order valence-corrected chi connectivity index (χ4v) is 4.32. The van der Waals surface area contributed by atoms with Crippen molar-refractivity contribution in [3.05, 3.63) is 65.5 Å². The Morgan fingerprint density at radius 1 is 1.06 bits per heavy atom. The van der Waals surface area contributed by atoms with Crippen LogP contribution >= 0.6 is 0 Å². The average Bonchev–Trinajstić information content (AvgIpc) is 3.44. The van der Waals surface area contributed by atoms with Crippen LogP contribution in [0.1, 0.15) is 22.7 Å². The van der Waals surface area contributed by atoms with Crippen LogP contribution in [0.2, 0.25) is 0 Å². The Morgan fingerprint density at radius 2 is 1.88 bits per heavy atom. The number of nitrogens with one attached hydrogen (secondary N) is 1. The summed E-state index contributed by atoms with van der Waals surface area (Å²) in [6.45, 7) is 0.780. The largest absolute Gasteiger partial charge is 0.493 e. The second-order valence-corrected chi connectivity index (χ2v) is 7.84. The summed E-state index contributed by atoms with van der Waals surface area (Å²) in [6.07, 6.45) is -1.93. The van der Waals surface area contributed by atoms with Gasteiger partial charge in [-0.05, 0) is 24.3 Å². The van der Waals surface area contributed by atoms with Crippen molar-refractivity contribution in [3.8, 4) is 22.6 Å². The van der Waals surface area contributed by atoms with Crippen LogP contribution in [0.25, 0.3) is 16.8 Å². The summed E-state index contributed by atoms with van der Waals surface area (Å²) in [5.41, 5.74) is 1.62. The van der Waals surface area contributed by atoms with E-state index in [-0.39, 0.29) is 24.9 Å². The first-order valence-electron chi connectivity index (χ1n) is 10.1. The Hall–Kier alpha value is -3.89. The van der Waals surface area contributed by atoms with Gasteiger partial charge in [0.15, 0.2) is 17.2 Å². The van der Waals surface area contributed by atoms with E-state index in [1.54, 1.807) is 16.5 Å². The van der Waals surface area contributed by atoms with E-state index in [1.165, 1.54) is 18.5 Å². The van der Waals surface area contributed by atoms with Gasteiger partial charge in [-0.15, -0.1) is 10.2 Å². The Bertz CT molecular complexity index is 1380. The molecule has 0 aliphatic carbocycles. The highest BCUT2D eigenvalue weighted by Crippen LogP contribution is 2.42. The highest BCUT2D eigenvalue weighted by molar-refractivity contribution is 5.81. The van der Waals surface area contributed by atoms with Crippen LogP contribution < -0.4 is 14.8 Å². The summed E-state index contributed by atoms with van der Waals surface area (Å²) in [7, 11) is 0. The lowest BCUT2D eigenvalue weighted by Gasteiger charge is -2.16. The minimum Gasteiger partial charge on any atom is -0.493 e. The maximum Gasteiger partial charge on any atom is 0.433 e. The van der Waals surface area contributed by atoms with Crippen LogP contribution in [0, 0.1) is 5.82 Å². The van der Waals surface area contributed by atoms with Gasteiger partial charge in [0, 0.05) is 35.0 Å². The van der Waals surface area contributed by atoms with E-state index >= 15 is 0 Å². The molecule has 1 aromatic carbocycles. The number of halogens is 4. The van der Waals surface area contributed by atoms with E-state index in [0.29, 0.717) is 46.3 Å². The van der Waals surface area contributed by atoms with E-state index in [2.05, 4.69) is 20.5 Å². The summed E-state index contributed by atoms with van der Waals surface area (Å²) in [5.74, 6) is 1.08. The van der Waals surface area contributed by atoms with Crippen molar-refractivity contribution < 1.29 is 27.0 Å². The van der Waals surface area contributed by atoms with E-state index in [9.17, 15) is 17.6 Å². The number of rotatable bonds is 1. The lowest BCUT2D eigenvalue weighted by Crippen LogP contribution is -2.13. The van der Waals surface area contributed by atoms with Crippen LogP contribution in [-0.4, -0.2) is 32.8 Å². The first-order valence-corrected chi connectivity index (χ1v) is 10.1. The third kappa shape index (κ3) is 3.14. The standard InChI is InChI=1S/C22H15F4N5O2/c23-15-2-3-16-19-12(8-32-16)9-33-17-5-13(11-1-4-18(27-6-11)22(24,25)26)20-30-29-10-31(20)21(17)28-7-14(15)19/h1-6,10,12,28H,7-9H2/t12-/m1/s1. The Balaban J connectivity index is 1.46. The minimum atomic E-state index is -4.54. The molecule has 0 bridgehead atoms. The first kappa shape index (κ1) is 19.8. The number of ether oxygens (including phenoxy) is 2. The molecule has 11 heteroatoms. The first-order chi connectivity index (χ1) is 15.9. The summed E-state index contributed by atoms with van der Waals surface area (Å²) in [4.78, 5) is 3.55. The molecule has 4 aromatic rings. The van der Waals surface area contributed by atoms with Gasteiger partial charge >= 0.3 is 6.18 Å². The van der Waals surface area contributed by atoms with Gasteiger partial charge in [-0.2, -0.15) is 13.2 Å². The number of alkyl halides is 3. The summed E-state index contributed by atoms with van der Waals surface area (Å²) in [6, 6.07) is 6.93. The Morgan fingerprint density at radius 3 is 2.64 bits per heavy atom. The van der Waals surface area contributed by atoms with Crippen LogP contribution in [0.4, 0.5) is 23.4 Å². The molecule has 0 saturated carbocycles. The molecule has 5 heterocycles. The summed E-state index contributed by atoms with van der Waals surface area (Å²) >= 11 is 0. The molecular formula is C22H15F4N5O2. The molecule has 168 valence electrons. The zero-order chi connectivity index (χ0) is 22.7. The van der Waals surface area contributed by atoms with Gasteiger partial charge < -0.3 is 14.8 Å². The molecular weight excluding hydrogens is 442 g/mol. The Kier molecular flexibility index (Phi) is 4.23. The molecule has 0 unspecified atom stereocenters. The molecule has 2 aliphatic heterocycles. The van der Waals surface area contributed by atoms with Gasteiger partial charge in [-0.3, -0.25) is 9.38 Å². The minimum absolute atomic E-state index is 0.161. The molecule has 33 heavy (non-hydrogen) atoms.